The second-order valence-electron chi connectivity index (χ2n) is 3.96. The molecule has 2 atom stereocenters. The first-order valence-electron chi connectivity index (χ1n) is 5.42. The fraction of sp³-hybridized carbons (Fsp3) is 0.500. The molecule has 5 nitrogen and oxygen atoms in total. The van der Waals surface area contributed by atoms with Gasteiger partial charge in [0.25, 0.3) is 0 Å². The number of aliphatic carboxylic acids is 2. The van der Waals surface area contributed by atoms with Crippen LogP contribution in [0.3, 0.4) is 0 Å². The fourth-order valence-corrected chi connectivity index (χ4v) is 1.90. The van der Waals surface area contributed by atoms with E-state index in [0.29, 0.717) is 6.61 Å². The molecular formula is C12H17BrO5. The van der Waals surface area contributed by atoms with E-state index in [1.807, 2.05) is 6.92 Å². The van der Waals surface area contributed by atoms with Gasteiger partial charge < -0.3 is 15.3 Å². The molecule has 18 heavy (non-hydrogen) atoms. The van der Waals surface area contributed by atoms with Gasteiger partial charge in [-0.2, -0.15) is 0 Å². The van der Waals surface area contributed by atoms with Crippen molar-refractivity contribution in [3.8, 4) is 0 Å². The number of carboxylic acids is 2. The Bertz CT molecular complexity index is 373. The summed E-state index contributed by atoms with van der Waals surface area (Å²) in [7, 11) is 0. The fourth-order valence-electron chi connectivity index (χ4n) is 1.20. The van der Waals surface area contributed by atoms with Gasteiger partial charge in [0, 0.05) is 6.61 Å². The lowest BCUT2D eigenvalue weighted by Crippen LogP contribution is -2.38. The Morgan fingerprint density at radius 2 is 1.94 bits per heavy atom. The zero-order valence-electron chi connectivity index (χ0n) is 10.3. The number of aliphatic hydroxyl groups excluding tert-OH is 1. The molecule has 0 amide bonds. The number of hydrogen-bond acceptors (Lipinski definition) is 3. The van der Waals surface area contributed by atoms with E-state index in [1.54, 1.807) is 0 Å². The maximum Gasteiger partial charge on any atom is 0.332 e. The van der Waals surface area contributed by atoms with E-state index in [4.69, 9.17) is 15.3 Å². The molecule has 3 N–H and O–H groups in total. The van der Waals surface area contributed by atoms with E-state index in [2.05, 4.69) is 15.9 Å². The van der Waals surface area contributed by atoms with E-state index in [-0.39, 0.29) is 5.57 Å². The van der Waals surface area contributed by atoms with Gasteiger partial charge in [0.15, 0.2) is 0 Å². The molecule has 0 aromatic carbocycles. The lowest BCUT2D eigenvalue weighted by Gasteiger charge is -2.29. The quantitative estimate of drug-likeness (QED) is 0.689. The summed E-state index contributed by atoms with van der Waals surface area (Å²) < 4.78 is 0. The van der Waals surface area contributed by atoms with Crippen LogP contribution in [0.1, 0.15) is 20.3 Å². The Kier molecular flexibility index (Phi) is 6.86. The highest BCUT2D eigenvalue weighted by atomic mass is 79.9. The largest absolute Gasteiger partial charge is 0.481 e. The van der Waals surface area contributed by atoms with Gasteiger partial charge in [-0.15, -0.1) is 0 Å². The first kappa shape index (κ1) is 16.9. The van der Waals surface area contributed by atoms with Crippen molar-refractivity contribution in [3.63, 3.8) is 0 Å². The number of halogens is 1. The van der Waals surface area contributed by atoms with Crippen LogP contribution in [-0.2, 0) is 9.59 Å². The summed E-state index contributed by atoms with van der Waals surface area (Å²) in [6, 6.07) is 0. The number of carboxylic acid groups (broad SMARTS) is 2. The van der Waals surface area contributed by atoms with Crippen molar-refractivity contribution in [2.24, 2.45) is 5.41 Å². The highest BCUT2D eigenvalue weighted by molar-refractivity contribution is 9.09. The first-order valence-corrected chi connectivity index (χ1v) is 6.33. The maximum atomic E-state index is 11.0. The van der Waals surface area contributed by atoms with Gasteiger partial charge in [-0.3, -0.25) is 4.79 Å². The van der Waals surface area contributed by atoms with Crippen LogP contribution in [0, 0.1) is 5.41 Å². The monoisotopic (exact) mass is 320 g/mol. The molecule has 6 heteroatoms. The van der Waals surface area contributed by atoms with Gasteiger partial charge in [0.1, 0.15) is 5.41 Å². The topological polar surface area (TPSA) is 94.8 Å². The van der Waals surface area contributed by atoms with Gasteiger partial charge in [-0.1, -0.05) is 41.1 Å². The number of hydrogen-bond donors (Lipinski definition) is 3. The number of carbonyl (C=O) groups is 2. The van der Waals surface area contributed by atoms with E-state index in [9.17, 15) is 9.59 Å². The molecule has 102 valence electrons. The van der Waals surface area contributed by atoms with Crippen molar-refractivity contribution in [1.29, 1.82) is 0 Å². The van der Waals surface area contributed by atoms with Crippen LogP contribution in [0.5, 0.6) is 0 Å². The third kappa shape index (κ3) is 3.96. The summed E-state index contributed by atoms with van der Waals surface area (Å²) in [6.45, 7) is 3.72. The standard InChI is InChI=1S/C9H9BrO4.C3H8O/c1-9(8(13)14)4-2-3-5(6(9)10)7(11)12;1-2-3-4/h2-4,6H,1H3,(H,11,12)(H,13,14);4H,2-3H2,1H3. The van der Waals surface area contributed by atoms with Crippen molar-refractivity contribution in [1.82, 2.24) is 0 Å². The molecule has 0 aromatic heterocycles. The first-order chi connectivity index (χ1) is 8.31. The van der Waals surface area contributed by atoms with Crippen molar-refractivity contribution < 1.29 is 24.9 Å². The Labute approximate surface area is 114 Å². The predicted molar refractivity (Wildman–Crippen MR) is 70.7 cm³/mol. The smallest absolute Gasteiger partial charge is 0.332 e. The molecule has 0 saturated heterocycles. The van der Waals surface area contributed by atoms with Crippen LogP contribution in [0.15, 0.2) is 23.8 Å². The molecule has 1 aliphatic carbocycles. The molecule has 0 spiro atoms. The van der Waals surface area contributed by atoms with Crippen LogP contribution in [0.25, 0.3) is 0 Å². The molecule has 0 fully saturated rings. The lowest BCUT2D eigenvalue weighted by molar-refractivity contribution is -0.144. The molecule has 1 aliphatic rings. The van der Waals surface area contributed by atoms with Gasteiger partial charge >= 0.3 is 11.9 Å². The van der Waals surface area contributed by atoms with E-state index in [0.717, 1.165) is 6.42 Å². The predicted octanol–water partition coefficient (Wildman–Crippen LogP) is 1.81. The molecular weight excluding hydrogens is 304 g/mol. The molecule has 0 heterocycles. The number of aliphatic hydroxyl groups is 1. The van der Waals surface area contributed by atoms with Crippen molar-refractivity contribution in [2.45, 2.75) is 25.1 Å². The highest BCUT2D eigenvalue weighted by Crippen LogP contribution is 2.37. The van der Waals surface area contributed by atoms with Crippen LogP contribution in [0.4, 0.5) is 0 Å². The molecule has 0 bridgehead atoms. The summed E-state index contributed by atoms with van der Waals surface area (Å²) in [6.07, 6.45) is 5.20. The number of allylic oxidation sites excluding steroid dienone is 2. The number of rotatable bonds is 3. The Morgan fingerprint density at radius 1 is 1.44 bits per heavy atom. The Morgan fingerprint density at radius 3 is 2.28 bits per heavy atom. The molecule has 2 unspecified atom stereocenters. The minimum atomic E-state index is -1.21. The normalized spacial score (nSPS) is 25.8. The molecule has 0 aliphatic heterocycles. The van der Waals surface area contributed by atoms with Crippen LogP contribution in [-0.4, -0.2) is 38.7 Å². The molecule has 1 rings (SSSR count). The van der Waals surface area contributed by atoms with Gasteiger partial charge in [-0.05, 0) is 13.3 Å². The van der Waals surface area contributed by atoms with Crippen LogP contribution in [0.2, 0.25) is 0 Å². The second kappa shape index (κ2) is 7.33. The molecule has 0 radical (unpaired) electrons. The highest BCUT2D eigenvalue weighted by Gasteiger charge is 2.43. The average Bonchev–Trinajstić information content (AvgIpc) is 2.32. The second-order valence-corrected chi connectivity index (χ2v) is 4.88. The van der Waals surface area contributed by atoms with Crippen molar-refractivity contribution in [2.75, 3.05) is 6.61 Å². The minimum Gasteiger partial charge on any atom is -0.481 e. The summed E-state index contributed by atoms with van der Waals surface area (Å²) >= 11 is 3.10. The molecule has 0 aromatic rings. The summed E-state index contributed by atoms with van der Waals surface area (Å²) in [5.41, 5.74) is -1.15. The van der Waals surface area contributed by atoms with Gasteiger partial charge in [0.2, 0.25) is 0 Å². The third-order valence-corrected chi connectivity index (χ3v) is 3.89. The Hall–Kier alpha value is -1.14. The third-order valence-electron chi connectivity index (χ3n) is 2.45. The van der Waals surface area contributed by atoms with Crippen LogP contribution < -0.4 is 0 Å². The van der Waals surface area contributed by atoms with Crippen molar-refractivity contribution >= 4 is 27.9 Å². The summed E-state index contributed by atoms with van der Waals surface area (Å²) in [5, 5.41) is 25.6. The van der Waals surface area contributed by atoms with E-state index >= 15 is 0 Å². The SMILES string of the molecule is CC1(C(=O)O)C=CC=C(C(=O)O)C1Br.CCCO. The summed E-state index contributed by atoms with van der Waals surface area (Å²) in [5.74, 6) is -2.16. The zero-order chi connectivity index (χ0) is 14.3. The van der Waals surface area contributed by atoms with Crippen molar-refractivity contribution in [3.05, 3.63) is 23.8 Å². The minimum absolute atomic E-state index is 0.0531. The van der Waals surface area contributed by atoms with Crippen LogP contribution >= 0.6 is 15.9 Å². The lowest BCUT2D eigenvalue weighted by atomic mass is 9.80. The summed E-state index contributed by atoms with van der Waals surface area (Å²) in [4.78, 5) is 21.0. The van der Waals surface area contributed by atoms with E-state index < -0.39 is 22.2 Å². The van der Waals surface area contributed by atoms with Gasteiger partial charge in [-0.25, -0.2) is 4.79 Å². The number of alkyl halides is 1. The average molecular weight is 321 g/mol. The Balaban J connectivity index is 0.000000631. The van der Waals surface area contributed by atoms with E-state index in [1.165, 1.54) is 25.2 Å². The van der Waals surface area contributed by atoms with Gasteiger partial charge in [0.05, 0.1) is 10.4 Å². The maximum absolute atomic E-state index is 11.0. The molecule has 0 saturated carbocycles. The zero-order valence-corrected chi connectivity index (χ0v) is 11.8.